The van der Waals surface area contributed by atoms with E-state index in [9.17, 15) is 5.11 Å². The normalized spacial score (nSPS) is 25.3. The number of furan rings is 1. The van der Waals surface area contributed by atoms with Gasteiger partial charge >= 0.3 is 0 Å². The monoisotopic (exact) mass is 281 g/mol. The average molecular weight is 281 g/mol. The minimum atomic E-state index is -0.458. The molecular weight excluding hydrogens is 254 g/mol. The van der Waals surface area contributed by atoms with Crippen LogP contribution in [-0.2, 0) is 11.3 Å². The molecule has 1 saturated carbocycles. The molecule has 1 heterocycles. The average Bonchev–Trinajstić information content (AvgIpc) is 2.86. The Bertz CT molecular complexity index is 353. The lowest BCUT2D eigenvalue weighted by atomic mass is 9.97. The van der Waals surface area contributed by atoms with Gasteiger partial charge in [0.2, 0.25) is 0 Å². The molecule has 114 valence electrons. The molecule has 1 fully saturated rings. The Labute approximate surface area is 121 Å². The second-order valence-corrected chi connectivity index (χ2v) is 5.88. The molecule has 1 aliphatic carbocycles. The van der Waals surface area contributed by atoms with E-state index >= 15 is 0 Å². The highest BCUT2D eigenvalue weighted by Gasteiger charge is 2.20. The van der Waals surface area contributed by atoms with Crippen LogP contribution >= 0.6 is 0 Å². The van der Waals surface area contributed by atoms with Gasteiger partial charge in [0.05, 0.1) is 19.0 Å². The fourth-order valence-corrected chi connectivity index (χ4v) is 2.83. The second-order valence-electron chi connectivity index (χ2n) is 5.88. The molecule has 4 nitrogen and oxygen atoms in total. The van der Waals surface area contributed by atoms with E-state index in [0.717, 1.165) is 5.76 Å². The fraction of sp³-hybridized carbons (Fsp3) is 0.750. The standard InChI is InChI=1S/C16H27NO3/c1-13-6-3-2-4-8-16(13)17-10-14(18)11-19-12-15-7-5-9-20-15/h5,7,9,13-14,16-18H,2-4,6,8,10-12H2,1H3. The minimum absolute atomic E-state index is 0.342. The molecule has 1 aliphatic rings. The van der Waals surface area contributed by atoms with Crippen molar-refractivity contribution in [2.45, 2.75) is 57.8 Å². The lowest BCUT2D eigenvalue weighted by molar-refractivity contribution is 0.0206. The van der Waals surface area contributed by atoms with E-state index in [1.54, 1.807) is 6.26 Å². The Morgan fingerprint density at radius 1 is 1.40 bits per heavy atom. The van der Waals surface area contributed by atoms with Gasteiger partial charge in [0, 0.05) is 12.6 Å². The molecule has 0 aliphatic heterocycles. The van der Waals surface area contributed by atoms with Crippen molar-refractivity contribution in [3.8, 4) is 0 Å². The Kier molecular flexibility index (Phi) is 6.57. The van der Waals surface area contributed by atoms with E-state index in [0.29, 0.717) is 31.7 Å². The number of ether oxygens (including phenoxy) is 1. The minimum Gasteiger partial charge on any atom is -0.467 e. The Balaban J connectivity index is 1.60. The summed E-state index contributed by atoms with van der Waals surface area (Å²) in [5.74, 6) is 1.50. The maximum Gasteiger partial charge on any atom is 0.129 e. The van der Waals surface area contributed by atoms with Crippen LogP contribution in [0.5, 0.6) is 0 Å². The first-order valence-electron chi connectivity index (χ1n) is 7.77. The molecule has 1 aromatic heterocycles. The van der Waals surface area contributed by atoms with Crippen molar-refractivity contribution < 1.29 is 14.3 Å². The van der Waals surface area contributed by atoms with E-state index in [-0.39, 0.29) is 0 Å². The molecule has 4 heteroatoms. The molecule has 0 bridgehead atoms. The number of hydrogen-bond donors (Lipinski definition) is 2. The lowest BCUT2D eigenvalue weighted by Gasteiger charge is -2.24. The number of aliphatic hydroxyl groups is 1. The zero-order valence-corrected chi connectivity index (χ0v) is 12.4. The first-order chi connectivity index (χ1) is 9.75. The van der Waals surface area contributed by atoms with E-state index in [4.69, 9.17) is 9.15 Å². The number of rotatable bonds is 7. The summed E-state index contributed by atoms with van der Waals surface area (Å²) in [5, 5.41) is 13.4. The van der Waals surface area contributed by atoms with Crippen LogP contribution in [0.25, 0.3) is 0 Å². The molecule has 2 rings (SSSR count). The predicted molar refractivity (Wildman–Crippen MR) is 78.4 cm³/mol. The third-order valence-electron chi connectivity index (χ3n) is 4.11. The molecule has 1 aromatic rings. The van der Waals surface area contributed by atoms with Gasteiger partial charge in [-0.1, -0.05) is 26.2 Å². The summed E-state index contributed by atoms with van der Waals surface area (Å²) in [6.45, 7) is 3.68. The van der Waals surface area contributed by atoms with Crippen LogP contribution < -0.4 is 5.32 Å². The molecule has 0 aromatic carbocycles. The van der Waals surface area contributed by atoms with Crippen molar-refractivity contribution in [1.82, 2.24) is 5.32 Å². The van der Waals surface area contributed by atoms with Gasteiger partial charge in [-0.2, -0.15) is 0 Å². The van der Waals surface area contributed by atoms with Crippen molar-refractivity contribution in [3.63, 3.8) is 0 Å². The van der Waals surface area contributed by atoms with Crippen molar-refractivity contribution >= 4 is 0 Å². The van der Waals surface area contributed by atoms with Gasteiger partial charge < -0.3 is 19.6 Å². The summed E-state index contributed by atoms with van der Waals surface area (Å²) < 4.78 is 10.6. The molecule has 2 N–H and O–H groups in total. The summed E-state index contributed by atoms with van der Waals surface area (Å²) in [5.41, 5.74) is 0. The van der Waals surface area contributed by atoms with Crippen molar-refractivity contribution in [2.24, 2.45) is 5.92 Å². The Hall–Kier alpha value is -0.840. The highest BCUT2D eigenvalue weighted by molar-refractivity contribution is 4.96. The summed E-state index contributed by atoms with van der Waals surface area (Å²) >= 11 is 0. The molecule has 0 saturated heterocycles. The lowest BCUT2D eigenvalue weighted by Crippen LogP contribution is -2.40. The van der Waals surface area contributed by atoms with Crippen LogP contribution in [0.1, 0.15) is 44.8 Å². The fourth-order valence-electron chi connectivity index (χ4n) is 2.83. The van der Waals surface area contributed by atoms with Gasteiger partial charge in [0.25, 0.3) is 0 Å². The number of hydrogen-bond acceptors (Lipinski definition) is 4. The summed E-state index contributed by atoms with van der Waals surface area (Å²) in [7, 11) is 0. The highest BCUT2D eigenvalue weighted by atomic mass is 16.5. The topological polar surface area (TPSA) is 54.6 Å². The van der Waals surface area contributed by atoms with Crippen LogP contribution in [0, 0.1) is 5.92 Å². The third-order valence-corrected chi connectivity index (χ3v) is 4.11. The smallest absolute Gasteiger partial charge is 0.129 e. The molecule has 3 atom stereocenters. The zero-order valence-electron chi connectivity index (χ0n) is 12.4. The Morgan fingerprint density at radius 3 is 3.05 bits per heavy atom. The molecule has 20 heavy (non-hydrogen) atoms. The Morgan fingerprint density at radius 2 is 2.25 bits per heavy atom. The molecular formula is C16H27NO3. The number of aliphatic hydroxyl groups excluding tert-OH is 1. The molecule has 0 radical (unpaired) electrons. The van der Waals surface area contributed by atoms with Crippen molar-refractivity contribution in [3.05, 3.63) is 24.2 Å². The summed E-state index contributed by atoms with van der Waals surface area (Å²) in [4.78, 5) is 0. The largest absolute Gasteiger partial charge is 0.467 e. The maximum absolute atomic E-state index is 9.95. The first kappa shape index (κ1) is 15.5. The summed E-state index contributed by atoms with van der Waals surface area (Å²) in [6.07, 6.45) is 7.67. The van der Waals surface area contributed by atoms with E-state index in [1.165, 1.54) is 32.1 Å². The molecule has 0 amide bonds. The quantitative estimate of drug-likeness (QED) is 0.755. The van der Waals surface area contributed by atoms with E-state index in [2.05, 4.69) is 12.2 Å². The molecule has 3 unspecified atom stereocenters. The third kappa shape index (κ3) is 5.27. The van der Waals surface area contributed by atoms with Gasteiger partial charge in [-0.3, -0.25) is 0 Å². The van der Waals surface area contributed by atoms with Crippen LogP contribution in [-0.4, -0.2) is 30.4 Å². The van der Waals surface area contributed by atoms with Crippen molar-refractivity contribution in [1.29, 1.82) is 0 Å². The first-order valence-corrected chi connectivity index (χ1v) is 7.77. The van der Waals surface area contributed by atoms with E-state index in [1.807, 2.05) is 12.1 Å². The van der Waals surface area contributed by atoms with Gasteiger partial charge in [-0.25, -0.2) is 0 Å². The van der Waals surface area contributed by atoms with E-state index < -0.39 is 6.10 Å². The number of nitrogens with one attached hydrogen (secondary N) is 1. The van der Waals surface area contributed by atoms with Crippen LogP contribution in [0.4, 0.5) is 0 Å². The zero-order chi connectivity index (χ0) is 14.2. The van der Waals surface area contributed by atoms with Gasteiger partial charge in [-0.05, 0) is 30.9 Å². The summed E-state index contributed by atoms with van der Waals surface area (Å²) in [6, 6.07) is 4.25. The predicted octanol–water partition coefficient (Wildman–Crippen LogP) is 2.72. The second kappa shape index (κ2) is 8.45. The molecule has 0 spiro atoms. The van der Waals surface area contributed by atoms with Gasteiger partial charge in [-0.15, -0.1) is 0 Å². The van der Waals surface area contributed by atoms with Crippen LogP contribution in [0.15, 0.2) is 22.8 Å². The van der Waals surface area contributed by atoms with Gasteiger partial charge in [0.1, 0.15) is 12.4 Å². The van der Waals surface area contributed by atoms with Crippen molar-refractivity contribution in [2.75, 3.05) is 13.2 Å². The maximum atomic E-state index is 9.95. The SMILES string of the molecule is CC1CCCCCC1NCC(O)COCc1ccco1. The highest BCUT2D eigenvalue weighted by Crippen LogP contribution is 2.22. The van der Waals surface area contributed by atoms with Crippen LogP contribution in [0.3, 0.4) is 0 Å². The van der Waals surface area contributed by atoms with Gasteiger partial charge in [0.15, 0.2) is 0 Å². The van der Waals surface area contributed by atoms with Crippen LogP contribution in [0.2, 0.25) is 0 Å².